The van der Waals surface area contributed by atoms with Crippen LogP contribution in [0.15, 0.2) is 42.5 Å². The predicted molar refractivity (Wildman–Crippen MR) is 92.9 cm³/mol. The molecule has 2 aromatic carbocycles. The number of carbonyl (C=O) groups excluding carboxylic acids is 1. The van der Waals surface area contributed by atoms with Crippen LogP contribution in [0.1, 0.15) is 6.42 Å². The molecule has 0 atom stereocenters. The number of benzene rings is 2. The van der Waals surface area contributed by atoms with Crippen LogP contribution in [0.3, 0.4) is 0 Å². The Morgan fingerprint density at radius 2 is 2.04 bits per heavy atom. The molecule has 0 saturated heterocycles. The first-order chi connectivity index (χ1) is 12.0. The highest BCUT2D eigenvalue weighted by atomic mass is 35.5. The fourth-order valence-corrected chi connectivity index (χ4v) is 2.43. The van der Waals surface area contributed by atoms with Gasteiger partial charge in [-0.3, -0.25) is 4.79 Å². The summed E-state index contributed by atoms with van der Waals surface area (Å²) in [5, 5.41) is 15.4. The first kappa shape index (κ1) is 17.3. The molecule has 0 bridgehead atoms. The van der Waals surface area contributed by atoms with Gasteiger partial charge in [0.05, 0.1) is 17.3 Å². The standard InChI is InChI=1S/C16H12Cl2FN5O/c17-11-4-5-13(18)14(9-11)20-15(25)6-7-24-22-16(21-23-24)10-2-1-3-12(19)8-10/h1-5,8-9H,6-7H2,(H,20,25). The topological polar surface area (TPSA) is 72.7 Å². The number of rotatable bonds is 5. The summed E-state index contributed by atoms with van der Waals surface area (Å²) >= 11 is 11.9. The number of carbonyl (C=O) groups is 1. The SMILES string of the molecule is O=C(CCn1nnc(-c2cccc(F)c2)n1)Nc1cc(Cl)ccc1Cl. The van der Waals surface area contributed by atoms with Crippen LogP contribution in [0.25, 0.3) is 11.4 Å². The summed E-state index contributed by atoms with van der Waals surface area (Å²) in [6.07, 6.45) is 0.113. The number of anilines is 1. The number of aryl methyl sites for hydroxylation is 1. The van der Waals surface area contributed by atoms with Gasteiger partial charge >= 0.3 is 0 Å². The van der Waals surface area contributed by atoms with Gasteiger partial charge in [-0.15, -0.1) is 10.2 Å². The minimum absolute atomic E-state index is 0.113. The van der Waals surface area contributed by atoms with Crippen molar-refractivity contribution in [3.63, 3.8) is 0 Å². The van der Waals surface area contributed by atoms with E-state index in [-0.39, 0.29) is 30.5 Å². The third-order valence-electron chi connectivity index (χ3n) is 3.28. The van der Waals surface area contributed by atoms with Gasteiger partial charge in [0, 0.05) is 17.0 Å². The molecule has 0 fully saturated rings. The van der Waals surface area contributed by atoms with Crippen molar-refractivity contribution in [3.8, 4) is 11.4 Å². The molecule has 1 aromatic heterocycles. The van der Waals surface area contributed by atoms with Crippen LogP contribution in [0, 0.1) is 5.82 Å². The van der Waals surface area contributed by atoms with E-state index in [1.54, 1.807) is 30.3 Å². The van der Waals surface area contributed by atoms with Crippen LogP contribution in [0.5, 0.6) is 0 Å². The molecule has 1 amide bonds. The first-order valence-corrected chi connectivity index (χ1v) is 8.05. The van der Waals surface area contributed by atoms with Gasteiger partial charge in [0.15, 0.2) is 0 Å². The van der Waals surface area contributed by atoms with Gasteiger partial charge in [-0.25, -0.2) is 4.39 Å². The largest absolute Gasteiger partial charge is 0.325 e. The number of hydrogen-bond donors (Lipinski definition) is 1. The molecule has 1 N–H and O–H groups in total. The third-order valence-corrected chi connectivity index (χ3v) is 3.84. The molecular weight excluding hydrogens is 368 g/mol. The Labute approximate surface area is 152 Å². The molecule has 0 saturated carbocycles. The van der Waals surface area contributed by atoms with E-state index in [1.807, 2.05) is 0 Å². The van der Waals surface area contributed by atoms with Crippen LogP contribution >= 0.6 is 23.2 Å². The molecule has 0 aliphatic carbocycles. The van der Waals surface area contributed by atoms with Crippen LogP contribution in [-0.4, -0.2) is 26.1 Å². The van der Waals surface area contributed by atoms with Crippen LogP contribution < -0.4 is 5.32 Å². The molecule has 0 spiro atoms. The lowest BCUT2D eigenvalue weighted by atomic mass is 10.2. The van der Waals surface area contributed by atoms with Crippen molar-refractivity contribution in [1.29, 1.82) is 0 Å². The second kappa shape index (κ2) is 7.58. The van der Waals surface area contributed by atoms with Crippen LogP contribution in [0.4, 0.5) is 10.1 Å². The number of aromatic nitrogens is 4. The number of amides is 1. The lowest BCUT2D eigenvalue weighted by molar-refractivity contribution is -0.116. The molecule has 25 heavy (non-hydrogen) atoms. The van der Waals surface area contributed by atoms with Gasteiger partial charge in [-0.2, -0.15) is 4.80 Å². The summed E-state index contributed by atoms with van der Waals surface area (Å²) in [5.74, 6) is -0.363. The zero-order valence-electron chi connectivity index (χ0n) is 12.8. The van der Waals surface area contributed by atoms with E-state index in [0.29, 0.717) is 21.3 Å². The Morgan fingerprint density at radius 1 is 1.20 bits per heavy atom. The van der Waals surface area contributed by atoms with E-state index >= 15 is 0 Å². The van der Waals surface area contributed by atoms with E-state index in [4.69, 9.17) is 23.2 Å². The lowest BCUT2D eigenvalue weighted by Gasteiger charge is -2.07. The highest BCUT2D eigenvalue weighted by Crippen LogP contribution is 2.25. The normalized spacial score (nSPS) is 10.7. The minimum atomic E-state index is -0.383. The molecule has 1 heterocycles. The van der Waals surface area contributed by atoms with E-state index in [2.05, 4.69) is 20.7 Å². The molecule has 0 unspecified atom stereocenters. The number of hydrogen-bond acceptors (Lipinski definition) is 4. The Morgan fingerprint density at radius 3 is 2.84 bits per heavy atom. The summed E-state index contributed by atoms with van der Waals surface area (Å²) < 4.78 is 13.2. The monoisotopic (exact) mass is 379 g/mol. The summed E-state index contributed by atoms with van der Waals surface area (Å²) in [5.41, 5.74) is 0.951. The zero-order valence-corrected chi connectivity index (χ0v) is 14.3. The maximum atomic E-state index is 13.2. The number of tetrazole rings is 1. The summed E-state index contributed by atoms with van der Waals surface area (Å²) in [6, 6.07) is 10.7. The van der Waals surface area contributed by atoms with Crippen molar-refractivity contribution in [3.05, 3.63) is 58.3 Å². The number of halogens is 3. The Bertz CT molecular complexity index is 915. The molecule has 6 nitrogen and oxygen atoms in total. The van der Waals surface area contributed by atoms with E-state index in [0.717, 1.165) is 0 Å². The highest BCUT2D eigenvalue weighted by molar-refractivity contribution is 6.35. The molecule has 9 heteroatoms. The molecule has 0 radical (unpaired) electrons. The molecule has 3 rings (SSSR count). The molecule has 0 aliphatic rings. The number of nitrogens with zero attached hydrogens (tertiary/aromatic N) is 4. The summed E-state index contributed by atoms with van der Waals surface area (Å²) in [6.45, 7) is 0.215. The van der Waals surface area contributed by atoms with Crippen LogP contribution in [-0.2, 0) is 11.3 Å². The van der Waals surface area contributed by atoms with Gasteiger partial charge in [0.25, 0.3) is 0 Å². The predicted octanol–water partition coefficient (Wildman–Crippen LogP) is 3.81. The van der Waals surface area contributed by atoms with E-state index in [1.165, 1.54) is 16.9 Å². The molecule has 128 valence electrons. The Hall–Kier alpha value is -2.51. The molecule has 3 aromatic rings. The fourth-order valence-electron chi connectivity index (χ4n) is 2.09. The molecular formula is C16H12Cl2FN5O. The maximum Gasteiger partial charge on any atom is 0.226 e. The molecule has 0 aliphatic heterocycles. The Kier molecular flexibility index (Phi) is 5.25. The van der Waals surface area contributed by atoms with Crippen molar-refractivity contribution >= 4 is 34.8 Å². The summed E-state index contributed by atoms with van der Waals surface area (Å²) in [7, 11) is 0. The summed E-state index contributed by atoms with van der Waals surface area (Å²) in [4.78, 5) is 13.3. The fraction of sp³-hybridized carbons (Fsp3) is 0.125. The van der Waals surface area contributed by atoms with Crippen LogP contribution in [0.2, 0.25) is 10.0 Å². The zero-order chi connectivity index (χ0) is 17.8. The van der Waals surface area contributed by atoms with Gasteiger partial charge in [0.2, 0.25) is 11.7 Å². The van der Waals surface area contributed by atoms with Crippen molar-refractivity contribution in [1.82, 2.24) is 20.2 Å². The van der Waals surface area contributed by atoms with Gasteiger partial charge in [-0.1, -0.05) is 35.3 Å². The number of nitrogens with one attached hydrogen (secondary N) is 1. The highest BCUT2D eigenvalue weighted by Gasteiger charge is 2.10. The van der Waals surface area contributed by atoms with E-state index < -0.39 is 0 Å². The van der Waals surface area contributed by atoms with Gasteiger partial charge in [-0.05, 0) is 35.5 Å². The third kappa shape index (κ3) is 4.52. The van der Waals surface area contributed by atoms with Gasteiger partial charge in [0.1, 0.15) is 5.82 Å². The first-order valence-electron chi connectivity index (χ1n) is 7.30. The van der Waals surface area contributed by atoms with Gasteiger partial charge < -0.3 is 5.32 Å². The average Bonchev–Trinajstić information content (AvgIpc) is 3.05. The Balaban J connectivity index is 1.60. The minimum Gasteiger partial charge on any atom is -0.325 e. The quantitative estimate of drug-likeness (QED) is 0.731. The second-order valence-corrected chi connectivity index (χ2v) is 5.99. The maximum absolute atomic E-state index is 13.2. The van der Waals surface area contributed by atoms with Crippen molar-refractivity contribution in [2.75, 3.05) is 5.32 Å². The van der Waals surface area contributed by atoms with Crippen molar-refractivity contribution in [2.24, 2.45) is 0 Å². The second-order valence-electron chi connectivity index (χ2n) is 5.14. The van der Waals surface area contributed by atoms with E-state index in [9.17, 15) is 9.18 Å². The van der Waals surface area contributed by atoms with Crippen molar-refractivity contribution < 1.29 is 9.18 Å². The van der Waals surface area contributed by atoms with Crippen molar-refractivity contribution in [2.45, 2.75) is 13.0 Å². The average molecular weight is 380 g/mol. The lowest BCUT2D eigenvalue weighted by Crippen LogP contribution is -2.16. The smallest absolute Gasteiger partial charge is 0.226 e.